The lowest BCUT2D eigenvalue weighted by molar-refractivity contribution is -0.129. The maximum absolute atomic E-state index is 13.7. The van der Waals surface area contributed by atoms with Crippen LogP contribution in [-0.4, -0.2) is 40.3 Å². The maximum Gasteiger partial charge on any atom is 0.242 e. The molecule has 0 aliphatic rings. The van der Waals surface area contributed by atoms with Crippen LogP contribution in [0.4, 0.5) is 4.39 Å². The van der Waals surface area contributed by atoms with Gasteiger partial charge in [-0.2, -0.15) is 0 Å². The van der Waals surface area contributed by atoms with E-state index in [1.165, 1.54) is 11.0 Å². The summed E-state index contributed by atoms with van der Waals surface area (Å²) in [5.41, 5.74) is 1.31. The van der Waals surface area contributed by atoms with Gasteiger partial charge in [0.1, 0.15) is 18.2 Å². The third-order valence-corrected chi connectivity index (χ3v) is 4.00. The summed E-state index contributed by atoms with van der Waals surface area (Å²) >= 11 is 7.70. The van der Waals surface area contributed by atoms with Crippen molar-refractivity contribution in [2.45, 2.75) is 13.0 Å². The summed E-state index contributed by atoms with van der Waals surface area (Å²) in [5, 5.41) is 0. The number of likely N-dealkylation sites (N-methyl/N-ethyl adjacent to an activating group) is 1. The van der Waals surface area contributed by atoms with Crippen LogP contribution in [0, 0.1) is 9.39 Å². The molecule has 1 heterocycles. The molecule has 0 spiro atoms. The number of carbonyl (C=O) groups excluding carboxylic acids is 1. The first-order valence-corrected chi connectivity index (χ1v) is 7.65. The summed E-state index contributed by atoms with van der Waals surface area (Å²) in [6.07, 6.45) is 0.537. The Bertz CT molecular complexity index is 657. The van der Waals surface area contributed by atoms with Crippen molar-refractivity contribution in [1.29, 1.82) is 0 Å². The summed E-state index contributed by atoms with van der Waals surface area (Å²) in [5.74, 6) is 0.721. The molecule has 0 saturated heterocycles. The van der Waals surface area contributed by atoms with Crippen molar-refractivity contribution in [1.82, 2.24) is 14.5 Å². The molecule has 4 nitrogen and oxygen atoms in total. The number of imidazole rings is 1. The molecule has 0 bridgehead atoms. The summed E-state index contributed by atoms with van der Waals surface area (Å²) in [6.45, 7) is 0.135. The van der Waals surface area contributed by atoms with Crippen molar-refractivity contribution < 1.29 is 9.18 Å². The number of fused-ring (bicyclic) bond motifs is 1. The van der Waals surface area contributed by atoms with Gasteiger partial charge in [-0.25, -0.2) is 9.37 Å². The highest BCUT2D eigenvalue weighted by atomic mass is 127. The number of aromatic nitrogens is 2. The molecule has 0 radical (unpaired) electrons. The molecule has 108 valence electrons. The number of hydrogen-bond acceptors (Lipinski definition) is 2. The van der Waals surface area contributed by atoms with E-state index in [1.807, 2.05) is 22.6 Å². The third kappa shape index (κ3) is 3.06. The SMILES string of the molecule is CN(C)C(=O)Cn1c(CCCl)nc2cc(I)c(F)cc21. The van der Waals surface area contributed by atoms with Gasteiger partial charge in [-0.1, -0.05) is 0 Å². The third-order valence-electron chi connectivity index (χ3n) is 2.98. The summed E-state index contributed by atoms with van der Waals surface area (Å²) in [7, 11) is 3.37. The predicted octanol–water partition coefficient (Wildman–Crippen LogP) is 2.65. The lowest BCUT2D eigenvalue weighted by Gasteiger charge is -2.13. The van der Waals surface area contributed by atoms with E-state index in [-0.39, 0.29) is 18.3 Å². The largest absolute Gasteiger partial charge is 0.347 e. The van der Waals surface area contributed by atoms with Crippen molar-refractivity contribution in [3.63, 3.8) is 0 Å². The molecule has 0 N–H and O–H groups in total. The number of alkyl halides is 1. The van der Waals surface area contributed by atoms with E-state index in [4.69, 9.17) is 11.6 Å². The summed E-state index contributed by atoms with van der Waals surface area (Å²) in [6, 6.07) is 3.10. The van der Waals surface area contributed by atoms with Crippen LogP contribution in [0.5, 0.6) is 0 Å². The highest BCUT2D eigenvalue weighted by Crippen LogP contribution is 2.22. The number of rotatable bonds is 4. The minimum atomic E-state index is -0.311. The quantitative estimate of drug-likeness (QED) is 0.575. The number of hydrogen-bond donors (Lipinski definition) is 0. The topological polar surface area (TPSA) is 38.1 Å². The van der Waals surface area contributed by atoms with Gasteiger partial charge in [0.25, 0.3) is 0 Å². The molecule has 0 aliphatic carbocycles. The van der Waals surface area contributed by atoms with Crippen LogP contribution >= 0.6 is 34.2 Å². The number of halogens is 3. The molecule has 1 aromatic heterocycles. The van der Waals surface area contributed by atoms with Gasteiger partial charge in [0.15, 0.2) is 0 Å². The Hall–Kier alpha value is -0.890. The van der Waals surface area contributed by atoms with Crippen molar-refractivity contribution in [3.8, 4) is 0 Å². The Labute approximate surface area is 135 Å². The molecule has 2 rings (SSSR count). The molecule has 0 aliphatic heterocycles. The van der Waals surface area contributed by atoms with Gasteiger partial charge in [0, 0.05) is 32.5 Å². The van der Waals surface area contributed by atoms with Crippen LogP contribution in [0.2, 0.25) is 0 Å². The maximum atomic E-state index is 13.7. The Morgan fingerprint density at radius 2 is 2.20 bits per heavy atom. The van der Waals surface area contributed by atoms with Crippen LogP contribution in [0.3, 0.4) is 0 Å². The molecular formula is C13H14ClFIN3O. The number of aryl methyl sites for hydroxylation is 1. The molecule has 0 atom stereocenters. The number of carbonyl (C=O) groups is 1. The fraction of sp³-hybridized carbons (Fsp3) is 0.385. The Balaban J connectivity index is 2.55. The number of nitrogens with zero attached hydrogens (tertiary/aromatic N) is 3. The second-order valence-corrected chi connectivity index (χ2v) is 6.14. The first-order valence-electron chi connectivity index (χ1n) is 6.04. The fourth-order valence-electron chi connectivity index (χ4n) is 1.90. The Morgan fingerprint density at radius 1 is 1.50 bits per heavy atom. The van der Waals surface area contributed by atoms with Crippen LogP contribution in [0.25, 0.3) is 11.0 Å². The molecule has 7 heteroatoms. The lowest BCUT2D eigenvalue weighted by atomic mass is 10.3. The zero-order valence-corrected chi connectivity index (χ0v) is 14.1. The zero-order chi connectivity index (χ0) is 14.9. The molecule has 0 saturated carbocycles. The average molecular weight is 410 g/mol. The smallest absolute Gasteiger partial charge is 0.242 e. The number of benzene rings is 1. The molecular weight excluding hydrogens is 396 g/mol. The van der Waals surface area contributed by atoms with Gasteiger partial charge >= 0.3 is 0 Å². The Kier molecular flexibility index (Phi) is 4.85. The highest BCUT2D eigenvalue weighted by Gasteiger charge is 2.16. The average Bonchev–Trinajstić information content (AvgIpc) is 2.68. The van der Waals surface area contributed by atoms with Crippen molar-refractivity contribution in [3.05, 3.63) is 27.3 Å². The van der Waals surface area contributed by atoms with E-state index >= 15 is 0 Å². The first kappa shape index (κ1) is 15.5. The summed E-state index contributed by atoms with van der Waals surface area (Å²) < 4.78 is 16.0. The van der Waals surface area contributed by atoms with Crippen LogP contribution in [0.1, 0.15) is 5.82 Å². The lowest BCUT2D eigenvalue weighted by Crippen LogP contribution is -2.27. The normalized spacial score (nSPS) is 11.1. The minimum Gasteiger partial charge on any atom is -0.347 e. The van der Waals surface area contributed by atoms with Gasteiger partial charge in [0.2, 0.25) is 5.91 Å². The molecule has 2 aromatic rings. The summed E-state index contributed by atoms with van der Waals surface area (Å²) in [4.78, 5) is 17.9. The molecule has 0 unspecified atom stereocenters. The van der Waals surface area contributed by atoms with E-state index in [2.05, 4.69) is 4.98 Å². The van der Waals surface area contributed by atoms with Gasteiger partial charge in [-0.3, -0.25) is 4.79 Å². The second kappa shape index (κ2) is 6.26. The molecule has 1 amide bonds. The fourth-order valence-corrected chi connectivity index (χ4v) is 2.52. The van der Waals surface area contributed by atoms with Crippen molar-refractivity contribution in [2.24, 2.45) is 0 Å². The minimum absolute atomic E-state index is 0.0703. The van der Waals surface area contributed by atoms with E-state index in [0.29, 0.717) is 32.7 Å². The zero-order valence-electron chi connectivity index (χ0n) is 11.2. The van der Waals surface area contributed by atoms with E-state index < -0.39 is 0 Å². The molecule has 0 fully saturated rings. The first-order chi connectivity index (χ1) is 9.43. The predicted molar refractivity (Wildman–Crippen MR) is 85.5 cm³/mol. The van der Waals surface area contributed by atoms with Gasteiger partial charge in [-0.15, -0.1) is 11.6 Å². The van der Waals surface area contributed by atoms with Crippen LogP contribution in [0.15, 0.2) is 12.1 Å². The van der Waals surface area contributed by atoms with E-state index in [9.17, 15) is 9.18 Å². The van der Waals surface area contributed by atoms with Gasteiger partial charge in [0.05, 0.1) is 14.6 Å². The molecule has 1 aromatic carbocycles. The highest BCUT2D eigenvalue weighted by molar-refractivity contribution is 14.1. The monoisotopic (exact) mass is 409 g/mol. The van der Waals surface area contributed by atoms with Gasteiger partial charge < -0.3 is 9.47 Å². The van der Waals surface area contributed by atoms with Crippen molar-refractivity contribution in [2.75, 3.05) is 20.0 Å². The van der Waals surface area contributed by atoms with E-state index in [0.717, 1.165) is 0 Å². The second-order valence-electron chi connectivity index (χ2n) is 4.60. The standard InChI is InChI=1S/C13H14ClFIN3O/c1-18(2)13(20)7-19-11-5-8(15)9(16)6-10(11)17-12(19)3-4-14/h5-6H,3-4,7H2,1-2H3. The van der Waals surface area contributed by atoms with E-state index in [1.54, 1.807) is 24.7 Å². The Morgan fingerprint density at radius 3 is 2.80 bits per heavy atom. The van der Waals surface area contributed by atoms with Gasteiger partial charge in [-0.05, 0) is 28.7 Å². The van der Waals surface area contributed by atoms with Crippen molar-refractivity contribution >= 4 is 51.1 Å². The van der Waals surface area contributed by atoms with Crippen LogP contribution in [-0.2, 0) is 17.8 Å². The van der Waals surface area contributed by atoms with Crippen LogP contribution < -0.4 is 0 Å². The molecule has 20 heavy (non-hydrogen) atoms. The number of amides is 1.